The van der Waals surface area contributed by atoms with Crippen molar-refractivity contribution in [3.05, 3.63) is 53.6 Å². The summed E-state index contributed by atoms with van der Waals surface area (Å²) in [5, 5.41) is 0. The SMILES string of the molecule is CC1(Cc2ccc3c(c2)OCO3)CCCN(Cc2ccc(S(C)(=O)=O)cc2)C1. The monoisotopic (exact) mass is 401 g/mol. The molecule has 1 atom stereocenters. The maximum Gasteiger partial charge on any atom is 0.231 e. The molecule has 1 unspecified atom stereocenters. The molecule has 0 aromatic heterocycles. The normalized spacial score (nSPS) is 22.4. The highest BCUT2D eigenvalue weighted by Crippen LogP contribution is 2.37. The van der Waals surface area contributed by atoms with Gasteiger partial charge < -0.3 is 9.47 Å². The molecule has 1 fully saturated rings. The maximum atomic E-state index is 11.6. The molecule has 5 nitrogen and oxygen atoms in total. The summed E-state index contributed by atoms with van der Waals surface area (Å²) in [7, 11) is -3.14. The largest absolute Gasteiger partial charge is 0.454 e. The maximum absolute atomic E-state index is 11.6. The van der Waals surface area contributed by atoms with E-state index >= 15 is 0 Å². The van der Waals surface area contributed by atoms with E-state index in [1.54, 1.807) is 12.1 Å². The van der Waals surface area contributed by atoms with Gasteiger partial charge in [0, 0.05) is 19.3 Å². The van der Waals surface area contributed by atoms with E-state index in [1.165, 1.54) is 24.7 Å². The number of piperidine rings is 1. The van der Waals surface area contributed by atoms with Gasteiger partial charge in [0.1, 0.15) is 0 Å². The van der Waals surface area contributed by atoms with Crippen LogP contribution in [-0.2, 0) is 22.8 Å². The van der Waals surface area contributed by atoms with Crippen molar-refractivity contribution in [3.8, 4) is 11.5 Å². The standard InChI is InChI=1S/C22H27NO4S/c1-22(13-18-6-9-20-21(12-18)27-16-26-20)10-3-11-23(15-22)14-17-4-7-19(8-5-17)28(2,24)25/h4-9,12H,3,10-11,13-16H2,1-2H3. The summed E-state index contributed by atoms with van der Waals surface area (Å²) < 4.78 is 34.2. The van der Waals surface area contributed by atoms with E-state index in [2.05, 4.69) is 24.0 Å². The van der Waals surface area contributed by atoms with Gasteiger partial charge in [-0.1, -0.05) is 25.1 Å². The van der Waals surface area contributed by atoms with Gasteiger partial charge in [-0.3, -0.25) is 4.90 Å². The van der Waals surface area contributed by atoms with Crippen molar-refractivity contribution >= 4 is 9.84 Å². The van der Waals surface area contributed by atoms with Gasteiger partial charge in [-0.15, -0.1) is 0 Å². The molecule has 150 valence electrons. The lowest BCUT2D eigenvalue weighted by Gasteiger charge is -2.41. The molecule has 0 amide bonds. The van der Waals surface area contributed by atoms with Gasteiger partial charge in [0.2, 0.25) is 6.79 Å². The molecule has 6 heteroatoms. The Morgan fingerprint density at radius 3 is 2.50 bits per heavy atom. The zero-order valence-electron chi connectivity index (χ0n) is 16.5. The summed E-state index contributed by atoms with van der Waals surface area (Å²) in [5.41, 5.74) is 2.64. The van der Waals surface area contributed by atoms with E-state index in [4.69, 9.17) is 9.47 Å². The molecule has 1 saturated heterocycles. The second-order valence-corrected chi connectivity index (χ2v) is 10.4. The Bertz CT molecular complexity index is 955. The Labute approximate surface area is 167 Å². The number of nitrogens with zero attached hydrogens (tertiary/aromatic N) is 1. The minimum absolute atomic E-state index is 0.207. The average Bonchev–Trinajstić information content (AvgIpc) is 3.09. The number of likely N-dealkylation sites (tertiary alicyclic amines) is 1. The molecule has 4 rings (SSSR count). The lowest BCUT2D eigenvalue weighted by Crippen LogP contribution is -2.42. The van der Waals surface area contributed by atoms with Crippen LogP contribution in [-0.4, -0.2) is 39.5 Å². The Morgan fingerprint density at radius 1 is 1.04 bits per heavy atom. The number of fused-ring (bicyclic) bond motifs is 1. The fraction of sp³-hybridized carbons (Fsp3) is 0.455. The van der Waals surface area contributed by atoms with Crippen LogP contribution in [0.1, 0.15) is 30.9 Å². The zero-order chi connectivity index (χ0) is 19.8. The van der Waals surface area contributed by atoms with Gasteiger partial charge in [-0.2, -0.15) is 0 Å². The molecular formula is C22H27NO4S. The Morgan fingerprint density at radius 2 is 1.75 bits per heavy atom. The summed E-state index contributed by atoms with van der Waals surface area (Å²) in [6.07, 6.45) is 4.62. The van der Waals surface area contributed by atoms with Crippen LogP contribution in [0, 0.1) is 5.41 Å². The number of hydrogen-bond donors (Lipinski definition) is 0. The van der Waals surface area contributed by atoms with E-state index < -0.39 is 9.84 Å². The third kappa shape index (κ3) is 4.33. The van der Waals surface area contributed by atoms with Crippen LogP contribution in [0.5, 0.6) is 11.5 Å². The molecule has 0 spiro atoms. The van der Waals surface area contributed by atoms with Crippen molar-refractivity contribution in [1.29, 1.82) is 0 Å². The number of sulfone groups is 1. The van der Waals surface area contributed by atoms with Gasteiger partial charge in [0.25, 0.3) is 0 Å². The first kappa shape index (κ1) is 19.3. The third-order valence-corrected chi connectivity index (χ3v) is 6.81. The summed E-state index contributed by atoms with van der Waals surface area (Å²) >= 11 is 0. The molecule has 28 heavy (non-hydrogen) atoms. The first-order chi connectivity index (χ1) is 13.3. The van der Waals surface area contributed by atoms with Crippen LogP contribution in [0.3, 0.4) is 0 Å². The van der Waals surface area contributed by atoms with E-state index in [-0.39, 0.29) is 5.41 Å². The summed E-state index contributed by atoms with van der Waals surface area (Å²) in [6, 6.07) is 13.5. The number of rotatable bonds is 5. The molecule has 2 aliphatic heterocycles. The molecule has 2 aliphatic rings. The van der Waals surface area contributed by atoms with Crippen LogP contribution in [0.2, 0.25) is 0 Å². The van der Waals surface area contributed by atoms with Gasteiger partial charge in [0.15, 0.2) is 21.3 Å². The highest BCUT2D eigenvalue weighted by molar-refractivity contribution is 7.90. The minimum atomic E-state index is -3.14. The van der Waals surface area contributed by atoms with Gasteiger partial charge >= 0.3 is 0 Å². The highest BCUT2D eigenvalue weighted by atomic mass is 32.2. The quantitative estimate of drug-likeness (QED) is 0.765. The van der Waals surface area contributed by atoms with Crippen LogP contribution in [0.4, 0.5) is 0 Å². The molecular weight excluding hydrogens is 374 g/mol. The first-order valence-electron chi connectivity index (χ1n) is 9.71. The average molecular weight is 402 g/mol. The van der Waals surface area contributed by atoms with Crippen LogP contribution in [0.15, 0.2) is 47.4 Å². The van der Waals surface area contributed by atoms with Crippen molar-refractivity contribution in [3.63, 3.8) is 0 Å². The predicted octanol–water partition coefficient (Wildman–Crippen LogP) is 3.66. The highest BCUT2D eigenvalue weighted by Gasteiger charge is 2.31. The molecule has 0 bridgehead atoms. The van der Waals surface area contributed by atoms with Gasteiger partial charge in [-0.25, -0.2) is 8.42 Å². The topological polar surface area (TPSA) is 55.8 Å². The summed E-state index contributed by atoms with van der Waals surface area (Å²) in [6.45, 7) is 5.61. The Balaban J connectivity index is 1.42. The number of ether oxygens (including phenoxy) is 2. The summed E-state index contributed by atoms with van der Waals surface area (Å²) in [5.74, 6) is 1.68. The van der Waals surface area contributed by atoms with Crippen molar-refractivity contribution in [2.45, 2.75) is 37.6 Å². The molecule has 0 N–H and O–H groups in total. The zero-order valence-corrected chi connectivity index (χ0v) is 17.3. The molecule has 2 heterocycles. The molecule has 0 radical (unpaired) electrons. The van der Waals surface area contributed by atoms with Gasteiger partial charge in [-0.05, 0) is 66.6 Å². The fourth-order valence-corrected chi connectivity index (χ4v) is 4.98. The lowest BCUT2D eigenvalue weighted by molar-refractivity contribution is 0.0969. The van der Waals surface area contributed by atoms with Crippen LogP contribution < -0.4 is 9.47 Å². The fourth-order valence-electron chi connectivity index (χ4n) is 4.35. The van der Waals surface area contributed by atoms with Gasteiger partial charge in [0.05, 0.1) is 4.90 Å². The van der Waals surface area contributed by atoms with E-state index in [0.717, 1.165) is 43.1 Å². The Kier molecular flexibility index (Phi) is 5.10. The number of hydrogen-bond acceptors (Lipinski definition) is 5. The Hall–Kier alpha value is -2.05. The first-order valence-corrected chi connectivity index (χ1v) is 11.6. The molecule has 2 aromatic carbocycles. The van der Waals surface area contributed by atoms with E-state index in [0.29, 0.717) is 11.7 Å². The van der Waals surface area contributed by atoms with E-state index in [1.807, 2.05) is 18.2 Å². The molecule has 2 aromatic rings. The van der Waals surface area contributed by atoms with Crippen molar-refractivity contribution < 1.29 is 17.9 Å². The van der Waals surface area contributed by atoms with Crippen LogP contribution >= 0.6 is 0 Å². The van der Waals surface area contributed by atoms with Crippen molar-refractivity contribution in [1.82, 2.24) is 4.90 Å². The van der Waals surface area contributed by atoms with Crippen molar-refractivity contribution in [2.24, 2.45) is 5.41 Å². The lowest BCUT2D eigenvalue weighted by atomic mass is 9.77. The van der Waals surface area contributed by atoms with Crippen LogP contribution in [0.25, 0.3) is 0 Å². The molecule has 0 saturated carbocycles. The van der Waals surface area contributed by atoms with Crippen molar-refractivity contribution in [2.75, 3.05) is 26.1 Å². The molecule has 0 aliphatic carbocycles. The summed E-state index contributed by atoms with van der Waals surface area (Å²) in [4.78, 5) is 2.86. The predicted molar refractivity (Wildman–Crippen MR) is 108 cm³/mol. The second kappa shape index (κ2) is 7.41. The number of benzene rings is 2. The minimum Gasteiger partial charge on any atom is -0.454 e. The third-order valence-electron chi connectivity index (χ3n) is 5.69. The second-order valence-electron chi connectivity index (χ2n) is 8.41. The smallest absolute Gasteiger partial charge is 0.231 e. The van der Waals surface area contributed by atoms with E-state index in [9.17, 15) is 8.42 Å².